The van der Waals surface area contributed by atoms with Crippen LogP contribution in [-0.4, -0.2) is 32.9 Å². The van der Waals surface area contributed by atoms with E-state index < -0.39 is 10.0 Å². The van der Waals surface area contributed by atoms with Crippen molar-refractivity contribution < 1.29 is 8.42 Å². The zero-order chi connectivity index (χ0) is 13.6. The van der Waals surface area contributed by atoms with Crippen molar-refractivity contribution in [3.05, 3.63) is 42.5 Å². The second kappa shape index (κ2) is 6.68. The summed E-state index contributed by atoms with van der Waals surface area (Å²) in [6, 6.07) is 6.94. The molecule has 5 heteroatoms. The SMILES string of the molecule is C=CCN(CC)S(=O)(=O)c1ccc(CNC)cc1. The molecule has 0 amide bonds. The van der Waals surface area contributed by atoms with Gasteiger partial charge in [-0.1, -0.05) is 25.1 Å². The molecule has 0 spiro atoms. The Bertz CT molecular complexity index is 480. The first kappa shape index (κ1) is 14.9. The third-order valence-electron chi connectivity index (χ3n) is 2.63. The number of sulfonamides is 1. The maximum atomic E-state index is 12.3. The molecule has 1 N–H and O–H groups in total. The molecule has 0 saturated carbocycles. The lowest BCUT2D eigenvalue weighted by atomic mass is 10.2. The third-order valence-corrected chi connectivity index (χ3v) is 4.58. The fraction of sp³-hybridized carbons (Fsp3) is 0.385. The lowest BCUT2D eigenvalue weighted by Gasteiger charge is -2.18. The van der Waals surface area contributed by atoms with Crippen LogP contribution in [0, 0.1) is 0 Å². The molecule has 0 heterocycles. The molecular formula is C13H20N2O2S. The number of hydrogen-bond acceptors (Lipinski definition) is 3. The predicted molar refractivity (Wildman–Crippen MR) is 73.8 cm³/mol. The fourth-order valence-corrected chi connectivity index (χ4v) is 3.09. The molecule has 1 aromatic rings. The van der Waals surface area contributed by atoms with Crippen LogP contribution in [0.25, 0.3) is 0 Å². The van der Waals surface area contributed by atoms with E-state index in [1.807, 2.05) is 26.1 Å². The van der Waals surface area contributed by atoms with Crippen molar-refractivity contribution in [2.45, 2.75) is 18.4 Å². The van der Waals surface area contributed by atoms with E-state index in [2.05, 4.69) is 11.9 Å². The zero-order valence-electron chi connectivity index (χ0n) is 10.9. The van der Waals surface area contributed by atoms with Gasteiger partial charge in [-0.25, -0.2) is 8.42 Å². The Balaban J connectivity index is 3.00. The second-order valence-electron chi connectivity index (χ2n) is 3.92. The monoisotopic (exact) mass is 268 g/mol. The first-order chi connectivity index (χ1) is 8.56. The molecule has 1 aromatic carbocycles. The summed E-state index contributed by atoms with van der Waals surface area (Å²) in [5, 5.41) is 3.02. The number of hydrogen-bond donors (Lipinski definition) is 1. The predicted octanol–water partition coefficient (Wildman–Crippen LogP) is 1.60. The van der Waals surface area contributed by atoms with Gasteiger partial charge in [-0.15, -0.1) is 6.58 Å². The molecule has 0 radical (unpaired) electrons. The molecule has 0 saturated heterocycles. The van der Waals surface area contributed by atoms with Gasteiger partial charge >= 0.3 is 0 Å². The molecule has 0 bridgehead atoms. The fourth-order valence-electron chi connectivity index (χ4n) is 1.67. The average molecular weight is 268 g/mol. The van der Waals surface area contributed by atoms with Gasteiger partial charge in [-0.3, -0.25) is 0 Å². The number of likely N-dealkylation sites (N-methyl/N-ethyl adjacent to an activating group) is 1. The Morgan fingerprint density at radius 2 is 1.94 bits per heavy atom. The highest BCUT2D eigenvalue weighted by Gasteiger charge is 2.21. The van der Waals surface area contributed by atoms with Crippen LogP contribution >= 0.6 is 0 Å². The van der Waals surface area contributed by atoms with E-state index in [-0.39, 0.29) is 0 Å². The topological polar surface area (TPSA) is 49.4 Å². The van der Waals surface area contributed by atoms with Gasteiger partial charge in [0, 0.05) is 19.6 Å². The maximum Gasteiger partial charge on any atom is 0.243 e. The van der Waals surface area contributed by atoms with Gasteiger partial charge in [0.15, 0.2) is 0 Å². The van der Waals surface area contributed by atoms with Crippen LogP contribution in [0.2, 0.25) is 0 Å². The van der Waals surface area contributed by atoms with E-state index in [1.165, 1.54) is 4.31 Å². The minimum atomic E-state index is -3.40. The minimum absolute atomic E-state index is 0.325. The van der Waals surface area contributed by atoms with Crippen molar-refractivity contribution in [2.75, 3.05) is 20.1 Å². The van der Waals surface area contributed by atoms with Crippen molar-refractivity contribution in [1.29, 1.82) is 0 Å². The zero-order valence-corrected chi connectivity index (χ0v) is 11.7. The van der Waals surface area contributed by atoms with Gasteiger partial charge in [-0.05, 0) is 24.7 Å². The summed E-state index contributed by atoms with van der Waals surface area (Å²) in [6.45, 7) is 6.89. The van der Waals surface area contributed by atoms with Crippen molar-refractivity contribution in [3.8, 4) is 0 Å². The van der Waals surface area contributed by atoms with Gasteiger partial charge in [-0.2, -0.15) is 4.31 Å². The Kier molecular flexibility index (Phi) is 5.53. The van der Waals surface area contributed by atoms with Gasteiger partial charge in [0.05, 0.1) is 4.90 Å². The van der Waals surface area contributed by atoms with Gasteiger partial charge in [0.1, 0.15) is 0 Å². The minimum Gasteiger partial charge on any atom is -0.316 e. The van der Waals surface area contributed by atoms with E-state index in [0.29, 0.717) is 18.0 Å². The highest BCUT2D eigenvalue weighted by atomic mass is 32.2. The number of benzene rings is 1. The van der Waals surface area contributed by atoms with Crippen LogP contribution < -0.4 is 5.32 Å². The van der Waals surface area contributed by atoms with Crippen LogP contribution in [0.5, 0.6) is 0 Å². The van der Waals surface area contributed by atoms with Crippen LogP contribution in [0.15, 0.2) is 41.8 Å². The van der Waals surface area contributed by atoms with Crippen molar-refractivity contribution in [3.63, 3.8) is 0 Å². The highest BCUT2D eigenvalue weighted by Crippen LogP contribution is 2.16. The van der Waals surface area contributed by atoms with E-state index in [1.54, 1.807) is 18.2 Å². The molecule has 100 valence electrons. The van der Waals surface area contributed by atoms with Crippen molar-refractivity contribution >= 4 is 10.0 Å². The first-order valence-corrected chi connectivity index (χ1v) is 7.34. The third kappa shape index (κ3) is 3.41. The summed E-state index contributed by atoms with van der Waals surface area (Å²) in [5.41, 5.74) is 1.06. The number of nitrogens with one attached hydrogen (secondary N) is 1. The van der Waals surface area contributed by atoms with E-state index in [0.717, 1.165) is 12.1 Å². The molecule has 0 atom stereocenters. The van der Waals surface area contributed by atoms with Gasteiger partial charge in [0.2, 0.25) is 10.0 Å². The molecule has 0 fully saturated rings. The summed E-state index contributed by atoms with van der Waals surface area (Å²) in [7, 11) is -1.55. The van der Waals surface area contributed by atoms with Gasteiger partial charge in [0.25, 0.3) is 0 Å². The standard InChI is InChI=1S/C13H20N2O2S/c1-4-10-15(5-2)18(16,17)13-8-6-12(7-9-13)11-14-3/h4,6-9,14H,1,5,10-11H2,2-3H3. The molecule has 0 unspecified atom stereocenters. The van der Waals surface area contributed by atoms with Crippen LogP contribution in [0.4, 0.5) is 0 Å². The second-order valence-corrected chi connectivity index (χ2v) is 5.86. The Morgan fingerprint density at radius 1 is 1.33 bits per heavy atom. The molecule has 1 rings (SSSR count). The number of nitrogens with zero attached hydrogens (tertiary/aromatic N) is 1. The summed E-state index contributed by atoms with van der Waals surface area (Å²) in [4.78, 5) is 0.325. The number of rotatable bonds is 7. The molecule has 0 aromatic heterocycles. The normalized spacial score (nSPS) is 11.7. The molecule has 4 nitrogen and oxygen atoms in total. The Morgan fingerprint density at radius 3 is 2.39 bits per heavy atom. The van der Waals surface area contributed by atoms with E-state index >= 15 is 0 Å². The summed E-state index contributed by atoms with van der Waals surface area (Å²) >= 11 is 0. The van der Waals surface area contributed by atoms with Crippen molar-refractivity contribution in [2.24, 2.45) is 0 Å². The Labute approximate surface area is 109 Å². The van der Waals surface area contributed by atoms with E-state index in [4.69, 9.17) is 0 Å². The molecule has 18 heavy (non-hydrogen) atoms. The van der Waals surface area contributed by atoms with E-state index in [9.17, 15) is 8.42 Å². The summed E-state index contributed by atoms with van der Waals surface area (Å²) in [5.74, 6) is 0. The van der Waals surface area contributed by atoms with Crippen LogP contribution in [0.1, 0.15) is 12.5 Å². The molecule has 0 aliphatic rings. The lowest BCUT2D eigenvalue weighted by molar-refractivity contribution is 0.460. The van der Waals surface area contributed by atoms with Gasteiger partial charge < -0.3 is 5.32 Å². The van der Waals surface area contributed by atoms with Crippen molar-refractivity contribution in [1.82, 2.24) is 9.62 Å². The summed E-state index contributed by atoms with van der Waals surface area (Å²) in [6.07, 6.45) is 1.59. The Hall–Kier alpha value is -1.17. The average Bonchev–Trinajstić information content (AvgIpc) is 2.36. The molecular weight excluding hydrogens is 248 g/mol. The molecule has 0 aliphatic heterocycles. The lowest BCUT2D eigenvalue weighted by Crippen LogP contribution is -2.31. The maximum absolute atomic E-state index is 12.3. The first-order valence-electron chi connectivity index (χ1n) is 5.90. The smallest absolute Gasteiger partial charge is 0.243 e. The molecule has 0 aliphatic carbocycles. The van der Waals surface area contributed by atoms with Crippen LogP contribution in [0.3, 0.4) is 0 Å². The quantitative estimate of drug-likeness (QED) is 0.764. The van der Waals surface area contributed by atoms with Crippen LogP contribution in [-0.2, 0) is 16.6 Å². The largest absolute Gasteiger partial charge is 0.316 e. The highest BCUT2D eigenvalue weighted by molar-refractivity contribution is 7.89. The summed E-state index contributed by atoms with van der Waals surface area (Å²) < 4.78 is 26.0.